The van der Waals surface area contributed by atoms with Gasteiger partial charge in [0.2, 0.25) is 5.96 Å². The smallest absolute Gasteiger partial charge is 0.202 e. The van der Waals surface area contributed by atoms with E-state index in [9.17, 15) is 0 Å². The molecule has 1 aliphatic rings. The van der Waals surface area contributed by atoms with E-state index in [1.54, 1.807) is 11.3 Å². The number of aliphatic imine (C=N–C) groups is 1. The first-order chi connectivity index (χ1) is 14.1. The number of thiazole rings is 1. The van der Waals surface area contributed by atoms with Crippen molar-refractivity contribution in [2.45, 2.75) is 58.4 Å². The lowest BCUT2D eigenvalue weighted by molar-refractivity contribution is 0.443. The minimum absolute atomic E-state index is 0.300. The fraction of sp³-hybridized carbons (Fsp3) is 0.435. The molecule has 152 valence electrons. The molecule has 1 saturated carbocycles. The molecule has 0 bridgehead atoms. The summed E-state index contributed by atoms with van der Waals surface area (Å²) in [5.41, 5.74) is 9.70. The third-order valence-corrected chi connectivity index (χ3v) is 6.09. The summed E-state index contributed by atoms with van der Waals surface area (Å²) in [6.45, 7) is 4.43. The van der Waals surface area contributed by atoms with Crippen LogP contribution >= 0.6 is 11.3 Å². The molecule has 0 radical (unpaired) electrons. The Morgan fingerprint density at radius 2 is 2.03 bits per heavy atom. The minimum Gasteiger partial charge on any atom is -0.369 e. The van der Waals surface area contributed by atoms with Crippen LogP contribution in [-0.4, -0.2) is 22.0 Å². The van der Waals surface area contributed by atoms with Crippen LogP contribution in [0.15, 0.2) is 46.9 Å². The second-order valence-electron chi connectivity index (χ2n) is 8.18. The first-order valence-electron chi connectivity index (χ1n) is 10.5. The average Bonchev–Trinajstić information content (AvgIpc) is 3.22. The first kappa shape index (κ1) is 19.8. The van der Waals surface area contributed by atoms with Gasteiger partial charge in [0.1, 0.15) is 0 Å². The van der Waals surface area contributed by atoms with Gasteiger partial charge in [-0.1, -0.05) is 51.3 Å². The van der Waals surface area contributed by atoms with Crippen LogP contribution in [-0.2, 0) is 6.42 Å². The highest BCUT2D eigenvalue weighted by molar-refractivity contribution is 7.13. The lowest BCUT2D eigenvalue weighted by Crippen LogP contribution is -2.35. The summed E-state index contributed by atoms with van der Waals surface area (Å²) in [4.78, 5) is 16.4. The molecule has 0 spiro atoms. The Balaban J connectivity index is 1.84. The van der Waals surface area contributed by atoms with Gasteiger partial charge in [-0.25, -0.2) is 9.98 Å². The number of nitrogens with zero attached hydrogens (tertiary/aromatic N) is 4. The zero-order valence-corrected chi connectivity index (χ0v) is 18.0. The Morgan fingerprint density at radius 3 is 2.76 bits per heavy atom. The van der Waals surface area contributed by atoms with Crippen molar-refractivity contribution < 1.29 is 0 Å². The number of nitrogens with two attached hydrogens (primary N) is 1. The summed E-state index contributed by atoms with van der Waals surface area (Å²) in [5.74, 6) is 1.05. The number of benzene rings is 1. The number of fused-ring (bicyclic) bond motifs is 1. The molecule has 0 aliphatic heterocycles. The van der Waals surface area contributed by atoms with Crippen molar-refractivity contribution >= 4 is 39.0 Å². The molecule has 2 N–H and O–H groups in total. The van der Waals surface area contributed by atoms with Crippen LogP contribution in [0.5, 0.6) is 0 Å². The SMILES string of the molecule is CC(C)Cc1cc(N(C(N)=NC2CCCCC2)c2nccs2)c2ccccc2n1. The molecular formula is C23H29N5S. The fourth-order valence-electron chi connectivity index (χ4n) is 4.02. The topological polar surface area (TPSA) is 67.4 Å². The third kappa shape index (κ3) is 4.58. The van der Waals surface area contributed by atoms with Crippen LogP contribution in [0, 0.1) is 5.92 Å². The minimum atomic E-state index is 0.300. The molecular weight excluding hydrogens is 378 g/mol. The summed E-state index contributed by atoms with van der Waals surface area (Å²) in [5, 5.41) is 3.89. The fourth-order valence-corrected chi connectivity index (χ4v) is 4.69. The van der Waals surface area contributed by atoms with Gasteiger partial charge in [-0.3, -0.25) is 9.88 Å². The molecule has 1 fully saturated rings. The second kappa shape index (κ2) is 8.91. The maximum atomic E-state index is 6.64. The summed E-state index contributed by atoms with van der Waals surface area (Å²) in [6, 6.07) is 10.7. The molecule has 5 nitrogen and oxygen atoms in total. The summed E-state index contributed by atoms with van der Waals surface area (Å²) in [7, 11) is 0. The highest BCUT2D eigenvalue weighted by Crippen LogP contribution is 2.34. The van der Waals surface area contributed by atoms with E-state index in [0.29, 0.717) is 17.9 Å². The van der Waals surface area contributed by atoms with Gasteiger partial charge < -0.3 is 5.73 Å². The molecule has 2 aromatic heterocycles. The van der Waals surface area contributed by atoms with Crippen LogP contribution in [0.25, 0.3) is 10.9 Å². The normalized spacial score (nSPS) is 15.9. The van der Waals surface area contributed by atoms with Crippen LogP contribution in [0.1, 0.15) is 51.6 Å². The Bertz CT molecular complexity index is 974. The van der Waals surface area contributed by atoms with Crippen LogP contribution < -0.4 is 10.6 Å². The lowest BCUT2D eigenvalue weighted by atomic mass is 9.96. The van der Waals surface area contributed by atoms with E-state index in [0.717, 1.165) is 46.7 Å². The molecule has 29 heavy (non-hydrogen) atoms. The van der Waals surface area contributed by atoms with Crippen LogP contribution in [0.2, 0.25) is 0 Å². The van der Waals surface area contributed by atoms with E-state index in [-0.39, 0.29) is 0 Å². The first-order valence-corrected chi connectivity index (χ1v) is 11.4. The van der Waals surface area contributed by atoms with E-state index >= 15 is 0 Å². The van der Waals surface area contributed by atoms with E-state index < -0.39 is 0 Å². The third-order valence-electron chi connectivity index (χ3n) is 5.33. The van der Waals surface area contributed by atoms with Gasteiger partial charge in [0, 0.05) is 22.7 Å². The van der Waals surface area contributed by atoms with Crippen molar-refractivity contribution in [2.75, 3.05) is 4.90 Å². The summed E-state index contributed by atoms with van der Waals surface area (Å²) in [6.07, 6.45) is 8.73. The molecule has 1 aromatic carbocycles. The predicted molar refractivity (Wildman–Crippen MR) is 123 cm³/mol. The maximum Gasteiger partial charge on any atom is 0.202 e. The van der Waals surface area contributed by atoms with Crippen LogP contribution in [0.3, 0.4) is 0 Å². The van der Waals surface area contributed by atoms with Crippen molar-refractivity contribution in [2.24, 2.45) is 16.6 Å². The van der Waals surface area contributed by atoms with E-state index in [4.69, 9.17) is 15.7 Å². The van der Waals surface area contributed by atoms with Crippen molar-refractivity contribution in [1.82, 2.24) is 9.97 Å². The zero-order valence-electron chi connectivity index (χ0n) is 17.2. The van der Waals surface area contributed by atoms with Gasteiger partial charge in [0.15, 0.2) is 5.13 Å². The quantitative estimate of drug-likeness (QED) is 0.437. The van der Waals surface area contributed by atoms with Gasteiger partial charge >= 0.3 is 0 Å². The molecule has 0 unspecified atom stereocenters. The molecule has 1 aliphatic carbocycles. The Hall–Kier alpha value is -2.47. The van der Waals surface area contributed by atoms with Gasteiger partial charge in [0.05, 0.1) is 17.2 Å². The van der Waals surface area contributed by atoms with Crippen molar-refractivity contribution in [1.29, 1.82) is 0 Å². The Labute approximate surface area is 176 Å². The molecule has 6 heteroatoms. The van der Waals surface area contributed by atoms with Gasteiger partial charge in [-0.15, -0.1) is 11.3 Å². The Morgan fingerprint density at radius 1 is 1.24 bits per heavy atom. The van der Waals surface area contributed by atoms with Gasteiger partial charge in [-0.2, -0.15) is 0 Å². The molecule has 0 saturated heterocycles. The number of guanidine groups is 1. The highest BCUT2D eigenvalue weighted by atomic mass is 32.1. The number of aromatic nitrogens is 2. The summed E-state index contributed by atoms with van der Waals surface area (Å²) >= 11 is 1.58. The molecule has 2 heterocycles. The molecule has 4 rings (SSSR count). The van der Waals surface area contributed by atoms with Crippen molar-refractivity contribution in [3.05, 3.63) is 47.6 Å². The second-order valence-corrected chi connectivity index (χ2v) is 9.05. The van der Waals surface area contributed by atoms with Gasteiger partial charge in [0.25, 0.3) is 0 Å². The van der Waals surface area contributed by atoms with E-state index in [2.05, 4.69) is 37.0 Å². The maximum absolute atomic E-state index is 6.64. The van der Waals surface area contributed by atoms with Crippen LogP contribution in [0.4, 0.5) is 10.8 Å². The lowest BCUT2D eigenvalue weighted by Gasteiger charge is -2.26. The number of para-hydroxylation sites is 1. The molecule has 0 atom stereocenters. The number of hydrogen-bond donors (Lipinski definition) is 1. The molecule has 3 aromatic rings. The number of rotatable bonds is 5. The summed E-state index contributed by atoms with van der Waals surface area (Å²) < 4.78 is 0. The van der Waals surface area contributed by atoms with E-state index in [1.807, 2.05) is 28.6 Å². The number of hydrogen-bond acceptors (Lipinski definition) is 4. The Kier molecular flexibility index (Phi) is 6.09. The van der Waals surface area contributed by atoms with Gasteiger partial charge in [-0.05, 0) is 37.3 Å². The standard InChI is InChI=1S/C23H29N5S/c1-16(2)14-18-15-21(19-10-6-7-11-20(19)26-18)28(23-25-12-13-29-23)22(24)27-17-8-4-3-5-9-17/h6-7,10-13,15-17H,3-5,8-9,14H2,1-2H3,(H2,24,27). The monoisotopic (exact) mass is 407 g/mol. The number of anilines is 2. The van der Waals surface area contributed by atoms with Crippen molar-refractivity contribution in [3.8, 4) is 0 Å². The van der Waals surface area contributed by atoms with Crippen molar-refractivity contribution in [3.63, 3.8) is 0 Å². The predicted octanol–water partition coefficient (Wildman–Crippen LogP) is 5.68. The molecule has 0 amide bonds. The highest BCUT2D eigenvalue weighted by Gasteiger charge is 2.22. The largest absolute Gasteiger partial charge is 0.369 e. The number of pyridine rings is 1. The zero-order chi connectivity index (χ0) is 20.2. The van der Waals surface area contributed by atoms with E-state index in [1.165, 1.54) is 19.3 Å². The average molecular weight is 408 g/mol.